The third kappa shape index (κ3) is 3.18. The lowest BCUT2D eigenvalue weighted by molar-refractivity contribution is 0.0902. The molecule has 42 valence electrons. The van der Waals surface area contributed by atoms with Crippen molar-refractivity contribution in [2.45, 2.75) is 13.2 Å². The molecule has 0 aromatic heterocycles. The van der Waals surface area contributed by atoms with Gasteiger partial charge in [0.15, 0.2) is 0 Å². The second-order valence-corrected chi connectivity index (χ2v) is 1.10. The summed E-state index contributed by atoms with van der Waals surface area (Å²) >= 11 is 0. The van der Waals surface area contributed by atoms with Crippen molar-refractivity contribution in [1.29, 1.82) is 0 Å². The van der Waals surface area contributed by atoms with E-state index in [0.29, 0.717) is 0 Å². The van der Waals surface area contributed by atoms with Gasteiger partial charge in [-0.1, -0.05) is 0 Å². The molecule has 0 heterocycles. The van der Waals surface area contributed by atoms with Gasteiger partial charge in [-0.15, -0.1) is 4.91 Å². The highest BCUT2D eigenvalue weighted by Crippen LogP contribution is 1.76. The summed E-state index contributed by atoms with van der Waals surface area (Å²) in [6, 6.07) is 0. The zero-order valence-corrected chi connectivity index (χ0v) is 4.34. The lowest BCUT2D eigenvalue weighted by Gasteiger charge is -2.02. The summed E-state index contributed by atoms with van der Waals surface area (Å²) in [6.45, 7) is 1.68. The van der Waals surface area contributed by atoms with Gasteiger partial charge in [0.2, 0.25) is 0 Å². The number of hydrogen-bond acceptors (Lipinski definition) is 3. The van der Waals surface area contributed by atoms with E-state index in [1.54, 1.807) is 6.92 Å². The Balaban J connectivity index is 2.98. The van der Waals surface area contributed by atoms with Crippen LogP contribution >= 0.6 is 0 Å². The Kier molecular flexibility index (Phi) is 3.22. The second kappa shape index (κ2) is 3.55. The van der Waals surface area contributed by atoms with Crippen LogP contribution in [0.3, 0.4) is 0 Å². The van der Waals surface area contributed by atoms with E-state index in [4.69, 9.17) is 0 Å². The molecule has 0 fully saturated rings. The number of nitrogens with zero attached hydrogens (tertiary/aromatic N) is 1. The van der Waals surface area contributed by atoms with Crippen LogP contribution in [0.2, 0.25) is 0 Å². The monoisotopic (exact) mass is 104 g/mol. The molecule has 1 atom stereocenters. The number of methoxy groups -OCH3 is 1. The van der Waals surface area contributed by atoms with Crippen molar-refractivity contribution in [2.75, 3.05) is 7.11 Å². The fraction of sp³-hybridized carbons (Fsp3) is 1.00. The normalized spacial score (nSPS) is 12.9. The van der Waals surface area contributed by atoms with Crippen LogP contribution in [0.15, 0.2) is 5.29 Å². The smallest absolute Gasteiger partial charge is 0.142 e. The topological polar surface area (TPSA) is 50.7 Å². The third-order valence-corrected chi connectivity index (χ3v) is 0.588. The number of rotatable bonds is 3. The quantitative estimate of drug-likeness (QED) is 0.317. The second-order valence-electron chi connectivity index (χ2n) is 1.10. The number of hydrogen-bond donors (Lipinski definition) is 1. The predicted octanol–water partition coefficient (Wildman–Crippen LogP) is 0.250. The van der Waals surface area contributed by atoms with Gasteiger partial charge < -0.3 is 4.74 Å². The van der Waals surface area contributed by atoms with Crippen LogP contribution in [0, 0.1) is 4.91 Å². The Morgan fingerprint density at radius 2 is 2.43 bits per heavy atom. The molecule has 0 amide bonds. The van der Waals surface area contributed by atoms with Crippen LogP contribution in [0.1, 0.15) is 6.92 Å². The highest BCUT2D eigenvalue weighted by Gasteiger charge is 1.90. The fourth-order valence-electron chi connectivity index (χ4n) is 0.127. The van der Waals surface area contributed by atoms with Crippen molar-refractivity contribution in [1.82, 2.24) is 5.43 Å². The summed E-state index contributed by atoms with van der Waals surface area (Å²) < 4.78 is 4.59. The van der Waals surface area contributed by atoms with E-state index in [-0.39, 0.29) is 6.23 Å². The van der Waals surface area contributed by atoms with Gasteiger partial charge in [0.1, 0.15) is 6.23 Å². The van der Waals surface area contributed by atoms with Crippen LogP contribution in [-0.2, 0) is 4.74 Å². The Hall–Kier alpha value is -0.640. The maximum Gasteiger partial charge on any atom is 0.142 e. The number of nitrogens with one attached hydrogen (secondary N) is 1. The van der Waals surface area contributed by atoms with Gasteiger partial charge in [0.25, 0.3) is 0 Å². The largest absolute Gasteiger partial charge is 0.361 e. The molecule has 0 aromatic carbocycles. The van der Waals surface area contributed by atoms with E-state index >= 15 is 0 Å². The molecular formula is C3H8N2O2. The first-order valence-corrected chi connectivity index (χ1v) is 1.92. The minimum atomic E-state index is -0.280. The number of nitroso groups, excluding NO2 is 1. The average Bonchev–Trinajstić information content (AvgIpc) is 1.68. The molecule has 0 aliphatic rings. The molecule has 0 bridgehead atoms. The van der Waals surface area contributed by atoms with Gasteiger partial charge in [0.05, 0.1) is 5.29 Å². The summed E-state index contributed by atoms with van der Waals surface area (Å²) in [5.41, 5.74) is 2.14. The Morgan fingerprint density at radius 3 is 2.57 bits per heavy atom. The molecule has 0 aliphatic heterocycles. The van der Waals surface area contributed by atoms with E-state index in [0.717, 1.165) is 0 Å². The maximum atomic E-state index is 9.33. The molecule has 7 heavy (non-hydrogen) atoms. The summed E-state index contributed by atoms with van der Waals surface area (Å²) in [6.07, 6.45) is -0.280. The predicted molar refractivity (Wildman–Crippen MR) is 25.4 cm³/mol. The first kappa shape index (κ1) is 6.36. The zero-order chi connectivity index (χ0) is 5.70. The zero-order valence-electron chi connectivity index (χ0n) is 4.34. The molecule has 0 saturated heterocycles. The van der Waals surface area contributed by atoms with Crippen LogP contribution in [0.4, 0.5) is 0 Å². The maximum absolute atomic E-state index is 9.33. The Morgan fingerprint density at radius 1 is 1.86 bits per heavy atom. The SMILES string of the molecule is COC(C)NN=O. The summed E-state index contributed by atoms with van der Waals surface area (Å²) in [5.74, 6) is 0. The lowest BCUT2D eigenvalue weighted by Crippen LogP contribution is -2.21. The Bertz CT molecular complexity index is 56.9. The fourth-order valence-corrected chi connectivity index (χ4v) is 0.127. The van der Waals surface area contributed by atoms with Crippen molar-refractivity contribution in [3.8, 4) is 0 Å². The van der Waals surface area contributed by atoms with Crippen molar-refractivity contribution >= 4 is 0 Å². The minimum Gasteiger partial charge on any atom is -0.361 e. The van der Waals surface area contributed by atoms with Crippen molar-refractivity contribution in [2.24, 2.45) is 5.29 Å². The first-order chi connectivity index (χ1) is 3.31. The van der Waals surface area contributed by atoms with E-state index in [1.165, 1.54) is 7.11 Å². The van der Waals surface area contributed by atoms with Crippen molar-refractivity contribution in [3.05, 3.63) is 4.91 Å². The minimum absolute atomic E-state index is 0.280. The van der Waals surface area contributed by atoms with Gasteiger partial charge in [-0.3, -0.25) is 0 Å². The van der Waals surface area contributed by atoms with Crippen molar-refractivity contribution in [3.63, 3.8) is 0 Å². The molecule has 4 nitrogen and oxygen atoms in total. The number of ether oxygens (including phenoxy) is 1. The van der Waals surface area contributed by atoms with Gasteiger partial charge >= 0.3 is 0 Å². The van der Waals surface area contributed by atoms with E-state index in [9.17, 15) is 4.91 Å². The molecule has 0 rings (SSSR count). The van der Waals surface area contributed by atoms with Gasteiger partial charge in [-0.05, 0) is 6.92 Å². The van der Waals surface area contributed by atoms with E-state index in [2.05, 4.69) is 15.4 Å². The highest BCUT2D eigenvalue weighted by atomic mass is 16.5. The van der Waals surface area contributed by atoms with Gasteiger partial charge in [-0.2, -0.15) is 0 Å². The molecule has 0 aliphatic carbocycles. The van der Waals surface area contributed by atoms with Crippen LogP contribution in [0.5, 0.6) is 0 Å². The lowest BCUT2D eigenvalue weighted by atomic mass is 10.7. The standard InChI is InChI=1S/C3H8N2O2/c1-3(7-2)4-5-6/h3H,1-2H3,(H,4,6). The molecule has 0 radical (unpaired) electrons. The molecule has 1 unspecified atom stereocenters. The van der Waals surface area contributed by atoms with Crippen LogP contribution < -0.4 is 5.43 Å². The van der Waals surface area contributed by atoms with E-state index < -0.39 is 0 Å². The summed E-state index contributed by atoms with van der Waals surface area (Å²) in [7, 11) is 1.49. The van der Waals surface area contributed by atoms with Crippen molar-refractivity contribution < 1.29 is 4.74 Å². The van der Waals surface area contributed by atoms with E-state index in [1.807, 2.05) is 0 Å². The molecule has 0 aromatic rings. The average molecular weight is 104 g/mol. The molecule has 0 spiro atoms. The Labute approximate surface area is 41.8 Å². The third-order valence-electron chi connectivity index (χ3n) is 0.588. The highest BCUT2D eigenvalue weighted by molar-refractivity contribution is 4.35. The van der Waals surface area contributed by atoms with Crippen LogP contribution in [0.25, 0.3) is 0 Å². The van der Waals surface area contributed by atoms with Gasteiger partial charge in [-0.25, -0.2) is 5.43 Å². The molecule has 4 heteroatoms. The van der Waals surface area contributed by atoms with Gasteiger partial charge in [0, 0.05) is 7.11 Å². The van der Waals surface area contributed by atoms with Crippen LogP contribution in [-0.4, -0.2) is 13.3 Å². The summed E-state index contributed by atoms with van der Waals surface area (Å²) in [5, 5.41) is 2.38. The molecule has 0 saturated carbocycles. The molecular weight excluding hydrogens is 96.0 g/mol. The molecule has 1 N–H and O–H groups in total. The first-order valence-electron chi connectivity index (χ1n) is 1.92. The summed E-state index contributed by atoms with van der Waals surface area (Å²) in [4.78, 5) is 9.33.